The van der Waals surface area contributed by atoms with Gasteiger partial charge in [0.05, 0.1) is 18.4 Å². The highest BCUT2D eigenvalue weighted by Gasteiger charge is 2.35. The van der Waals surface area contributed by atoms with Gasteiger partial charge in [0.15, 0.2) is 5.65 Å². The minimum absolute atomic E-state index is 0.0557. The van der Waals surface area contributed by atoms with Gasteiger partial charge in [0.25, 0.3) is 0 Å². The van der Waals surface area contributed by atoms with Crippen LogP contribution in [0.2, 0.25) is 0 Å². The Labute approximate surface area is 213 Å². The van der Waals surface area contributed by atoms with Crippen LogP contribution in [0, 0.1) is 0 Å². The number of benzene rings is 1. The van der Waals surface area contributed by atoms with Crippen LogP contribution in [-0.4, -0.2) is 51.4 Å². The first kappa shape index (κ1) is 22.6. The number of aromatic nitrogens is 4. The number of carbonyl (C=O) groups excluding carboxylic acids is 1. The van der Waals surface area contributed by atoms with Crippen LogP contribution in [-0.2, 0) is 4.79 Å². The number of aromatic amines is 1. The number of rotatable bonds is 6. The number of fused-ring (bicyclic) bond motifs is 2. The molecular formula is C28H26N6OS. The minimum atomic E-state index is -0.0557. The summed E-state index contributed by atoms with van der Waals surface area (Å²) >= 11 is 1.68. The van der Waals surface area contributed by atoms with E-state index in [2.05, 4.69) is 61.4 Å². The van der Waals surface area contributed by atoms with E-state index in [0.29, 0.717) is 12.2 Å². The summed E-state index contributed by atoms with van der Waals surface area (Å²) in [6, 6.07) is 14.7. The van der Waals surface area contributed by atoms with Crippen molar-refractivity contribution in [2.75, 3.05) is 26.0 Å². The largest absolute Gasteiger partial charge is 0.326 e. The lowest BCUT2D eigenvalue weighted by atomic mass is 9.93. The molecular weight excluding hydrogens is 468 g/mol. The highest BCUT2D eigenvalue weighted by atomic mass is 32.1. The summed E-state index contributed by atoms with van der Waals surface area (Å²) in [4.78, 5) is 31.7. The van der Waals surface area contributed by atoms with Crippen LogP contribution >= 0.6 is 11.3 Å². The fourth-order valence-corrected chi connectivity index (χ4v) is 5.81. The quantitative estimate of drug-likeness (QED) is 0.337. The zero-order valence-corrected chi connectivity index (χ0v) is 20.9. The van der Waals surface area contributed by atoms with Gasteiger partial charge in [0, 0.05) is 29.8 Å². The van der Waals surface area contributed by atoms with Crippen molar-refractivity contribution in [1.29, 1.82) is 0 Å². The van der Waals surface area contributed by atoms with Crippen molar-refractivity contribution in [2.45, 2.75) is 18.3 Å². The van der Waals surface area contributed by atoms with E-state index in [4.69, 9.17) is 4.98 Å². The number of nitrogens with zero attached hydrogens (tertiary/aromatic N) is 4. The molecule has 2 atom stereocenters. The maximum atomic E-state index is 12.3. The van der Waals surface area contributed by atoms with E-state index in [1.54, 1.807) is 17.5 Å². The fourth-order valence-electron chi connectivity index (χ4n) is 5.16. The molecule has 8 heteroatoms. The standard InChI is InChI=1S/C28H26N6OS/c1-34(2)15-25(35)31-19-11-18(13-29-14-19)23-12-24(22-6-4-3-5-21(22)23)27-32-26-20(17-8-10-36-16-17)7-9-30-28(26)33-27/h3-11,13-14,16,23-24H,12,15H2,1-2H3,(H,31,35)(H,30,32,33). The molecule has 0 bridgehead atoms. The second-order valence-corrected chi connectivity index (χ2v) is 10.2. The van der Waals surface area contributed by atoms with Crippen molar-refractivity contribution >= 4 is 34.1 Å². The molecule has 0 saturated carbocycles. The average molecular weight is 495 g/mol. The van der Waals surface area contributed by atoms with Crippen molar-refractivity contribution in [2.24, 2.45) is 0 Å². The second kappa shape index (κ2) is 9.29. The van der Waals surface area contributed by atoms with Crippen LogP contribution in [0.25, 0.3) is 22.3 Å². The van der Waals surface area contributed by atoms with E-state index in [1.807, 2.05) is 43.5 Å². The zero-order valence-electron chi connectivity index (χ0n) is 20.1. The van der Waals surface area contributed by atoms with Crippen LogP contribution in [0.5, 0.6) is 0 Å². The van der Waals surface area contributed by atoms with Gasteiger partial charge in [-0.2, -0.15) is 11.3 Å². The number of imidazole rings is 1. The molecule has 1 aliphatic rings. The van der Waals surface area contributed by atoms with E-state index in [-0.39, 0.29) is 17.7 Å². The molecule has 1 aliphatic carbocycles. The molecule has 0 fully saturated rings. The molecule has 2 unspecified atom stereocenters. The normalized spacial score (nSPS) is 17.0. The summed E-state index contributed by atoms with van der Waals surface area (Å²) in [5.74, 6) is 1.14. The monoisotopic (exact) mass is 494 g/mol. The molecule has 180 valence electrons. The van der Waals surface area contributed by atoms with Crippen LogP contribution < -0.4 is 5.32 Å². The van der Waals surface area contributed by atoms with Crippen LogP contribution in [0.4, 0.5) is 5.69 Å². The molecule has 7 nitrogen and oxygen atoms in total. The Balaban J connectivity index is 1.35. The van der Waals surface area contributed by atoms with Crippen LogP contribution in [0.1, 0.15) is 40.8 Å². The van der Waals surface area contributed by atoms with Gasteiger partial charge < -0.3 is 15.2 Å². The summed E-state index contributed by atoms with van der Waals surface area (Å²) < 4.78 is 0. The third-order valence-electron chi connectivity index (χ3n) is 6.69. The number of likely N-dealkylation sites (N-methyl/N-ethyl adjacent to an activating group) is 1. The summed E-state index contributed by atoms with van der Waals surface area (Å²) in [6.45, 7) is 0.325. The first-order chi connectivity index (χ1) is 17.6. The van der Waals surface area contributed by atoms with Crippen molar-refractivity contribution < 1.29 is 4.79 Å². The predicted octanol–water partition coefficient (Wildman–Crippen LogP) is 5.25. The number of carbonyl (C=O) groups is 1. The molecule has 1 amide bonds. The molecule has 0 radical (unpaired) electrons. The van der Waals surface area contributed by atoms with E-state index in [9.17, 15) is 4.79 Å². The lowest BCUT2D eigenvalue weighted by Gasteiger charge is -2.14. The molecule has 0 saturated heterocycles. The smallest absolute Gasteiger partial charge is 0.238 e. The van der Waals surface area contributed by atoms with Crippen molar-refractivity contribution in [3.05, 3.63) is 94.3 Å². The number of hydrogen-bond donors (Lipinski definition) is 2. The lowest BCUT2D eigenvalue weighted by Crippen LogP contribution is -2.27. The molecule has 2 N–H and O–H groups in total. The Bertz CT molecular complexity index is 1540. The van der Waals surface area contributed by atoms with Crippen molar-refractivity contribution in [3.8, 4) is 11.1 Å². The first-order valence-corrected chi connectivity index (χ1v) is 12.9. The van der Waals surface area contributed by atoms with E-state index < -0.39 is 0 Å². The highest BCUT2D eigenvalue weighted by molar-refractivity contribution is 7.08. The van der Waals surface area contributed by atoms with Crippen molar-refractivity contribution in [3.63, 3.8) is 0 Å². The van der Waals surface area contributed by atoms with Gasteiger partial charge in [0.2, 0.25) is 5.91 Å². The van der Waals surface area contributed by atoms with Crippen LogP contribution in [0.3, 0.4) is 0 Å². The SMILES string of the molecule is CN(C)CC(=O)Nc1cncc(C2CC(c3nc4c(-c5ccsc5)ccnc4[nH]3)c3ccccc32)c1. The molecule has 4 aromatic heterocycles. The van der Waals surface area contributed by atoms with Crippen LogP contribution in [0.15, 0.2) is 71.8 Å². The van der Waals surface area contributed by atoms with Gasteiger partial charge in [-0.25, -0.2) is 9.97 Å². The number of anilines is 1. The molecule has 1 aromatic carbocycles. The van der Waals surface area contributed by atoms with E-state index in [1.165, 1.54) is 11.1 Å². The minimum Gasteiger partial charge on any atom is -0.326 e. The average Bonchev–Trinajstić information content (AvgIpc) is 3.61. The van der Waals surface area contributed by atoms with E-state index in [0.717, 1.165) is 40.1 Å². The Morgan fingerprint density at radius 1 is 1.14 bits per heavy atom. The summed E-state index contributed by atoms with van der Waals surface area (Å²) in [7, 11) is 3.75. The van der Waals surface area contributed by atoms with Gasteiger partial charge in [-0.3, -0.25) is 9.78 Å². The van der Waals surface area contributed by atoms with Gasteiger partial charge in [-0.05, 0) is 71.7 Å². The summed E-state index contributed by atoms with van der Waals surface area (Å²) in [5.41, 5.74) is 8.30. The second-order valence-electron chi connectivity index (χ2n) is 9.45. The third kappa shape index (κ3) is 4.19. The maximum Gasteiger partial charge on any atom is 0.238 e. The number of nitrogens with one attached hydrogen (secondary N) is 2. The number of amides is 1. The molecule has 0 aliphatic heterocycles. The van der Waals surface area contributed by atoms with Gasteiger partial charge >= 0.3 is 0 Å². The topological polar surface area (TPSA) is 86.8 Å². The van der Waals surface area contributed by atoms with Gasteiger partial charge in [-0.15, -0.1) is 0 Å². The lowest BCUT2D eigenvalue weighted by molar-refractivity contribution is -0.116. The Morgan fingerprint density at radius 3 is 2.75 bits per heavy atom. The number of H-pyrrole nitrogens is 1. The maximum absolute atomic E-state index is 12.3. The Kier molecular flexibility index (Phi) is 5.83. The molecule has 5 aromatic rings. The molecule has 36 heavy (non-hydrogen) atoms. The Morgan fingerprint density at radius 2 is 1.97 bits per heavy atom. The third-order valence-corrected chi connectivity index (χ3v) is 7.37. The van der Waals surface area contributed by atoms with Crippen molar-refractivity contribution in [1.82, 2.24) is 24.8 Å². The fraction of sp³-hybridized carbons (Fsp3) is 0.214. The summed E-state index contributed by atoms with van der Waals surface area (Å²) in [6.07, 6.45) is 6.31. The highest BCUT2D eigenvalue weighted by Crippen LogP contribution is 2.48. The van der Waals surface area contributed by atoms with E-state index >= 15 is 0 Å². The predicted molar refractivity (Wildman–Crippen MR) is 143 cm³/mol. The molecule has 6 rings (SSSR count). The zero-order chi connectivity index (χ0) is 24.6. The first-order valence-electron chi connectivity index (χ1n) is 11.9. The Hall–Kier alpha value is -3.88. The molecule has 0 spiro atoms. The number of pyridine rings is 2. The summed E-state index contributed by atoms with van der Waals surface area (Å²) in [5, 5.41) is 7.19. The van der Waals surface area contributed by atoms with Gasteiger partial charge in [-0.1, -0.05) is 24.3 Å². The number of hydrogen-bond acceptors (Lipinski definition) is 6. The number of thiophene rings is 1. The van der Waals surface area contributed by atoms with Gasteiger partial charge in [0.1, 0.15) is 11.3 Å². The molecule has 4 heterocycles.